The number of fused-ring (bicyclic) bond motifs is 1. The second-order valence-electron chi connectivity index (χ2n) is 8.51. The van der Waals surface area contributed by atoms with E-state index in [4.69, 9.17) is 0 Å². The summed E-state index contributed by atoms with van der Waals surface area (Å²) in [6.45, 7) is 3.77. The molecule has 1 saturated heterocycles. The average Bonchev–Trinajstić information content (AvgIpc) is 3.41. The van der Waals surface area contributed by atoms with E-state index in [2.05, 4.69) is 26.3 Å². The Balaban J connectivity index is 1.52. The van der Waals surface area contributed by atoms with Gasteiger partial charge in [-0.05, 0) is 30.9 Å². The highest BCUT2D eigenvalue weighted by molar-refractivity contribution is 6.00. The van der Waals surface area contributed by atoms with Crippen LogP contribution in [-0.2, 0) is 19.2 Å². The first-order valence-electron chi connectivity index (χ1n) is 11.0. The van der Waals surface area contributed by atoms with Crippen molar-refractivity contribution in [1.29, 1.82) is 0 Å². The maximum Gasteiger partial charge on any atom is 0.268 e. The number of carbonyl (C=O) groups excluding carboxylic acids is 5. The molecule has 2 aromatic rings. The molecule has 10 nitrogen and oxygen atoms in total. The Bertz CT molecular complexity index is 1010. The van der Waals surface area contributed by atoms with Crippen LogP contribution in [0.5, 0.6) is 0 Å². The first kappa shape index (κ1) is 24.0. The lowest BCUT2D eigenvalue weighted by atomic mass is 9.99. The smallest absolute Gasteiger partial charge is 0.268 e. The molecule has 0 bridgehead atoms. The summed E-state index contributed by atoms with van der Waals surface area (Å²) in [6, 6.07) is 7.48. The molecule has 1 aromatic carbocycles. The van der Waals surface area contributed by atoms with Crippen molar-refractivity contribution < 1.29 is 24.0 Å². The molecule has 0 saturated carbocycles. The third kappa shape index (κ3) is 6.18. The molecule has 0 aliphatic carbocycles. The van der Waals surface area contributed by atoms with E-state index in [1.165, 1.54) is 0 Å². The van der Waals surface area contributed by atoms with Crippen molar-refractivity contribution in [2.24, 2.45) is 11.8 Å². The molecule has 176 valence electrons. The summed E-state index contributed by atoms with van der Waals surface area (Å²) in [7, 11) is 0. The Hall–Kier alpha value is -3.69. The predicted octanol–water partition coefficient (Wildman–Crippen LogP) is 0.248. The zero-order valence-corrected chi connectivity index (χ0v) is 18.6. The topological polar surface area (TPSA) is 149 Å². The van der Waals surface area contributed by atoms with Crippen molar-refractivity contribution in [2.45, 2.75) is 38.8 Å². The third-order valence-corrected chi connectivity index (χ3v) is 5.65. The Labute approximate surface area is 191 Å². The zero-order valence-electron chi connectivity index (χ0n) is 18.6. The van der Waals surface area contributed by atoms with Crippen LogP contribution in [0.1, 0.15) is 37.2 Å². The van der Waals surface area contributed by atoms with Gasteiger partial charge in [-0.1, -0.05) is 32.0 Å². The lowest BCUT2D eigenvalue weighted by Gasteiger charge is -2.22. The van der Waals surface area contributed by atoms with Crippen molar-refractivity contribution in [2.75, 3.05) is 13.1 Å². The molecule has 2 heterocycles. The Kier molecular flexibility index (Phi) is 7.81. The number of aromatic nitrogens is 1. The lowest BCUT2D eigenvalue weighted by Crippen LogP contribution is -2.52. The number of benzene rings is 1. The summed E-state index contributed by atoms with van der Waals surface area (Å²) in [5.74, 6) is -2.17. The number of aromatic amines is 1. The van der Waals surface area contributed by atoms with Crippen LogP contribution >= 0.6 is 0 Å². The molecule has 4 amide bonds. The molecule has 0 radical (unpaired) electrons. The minimum atomic E-state index is -0.860. The third-order valence-electron chi connectivity index (χ3n) is 5.65. The molecule has 1 fully saturated rings. The van der Waals surface area contributed by atoms with Crippen LogP contribution in [0.4, 0.5) is 0 Å². The monoisotopic (exact) mass is 455 g/mol. The Morgan fingerprint density at radius 3 is 2.58 bits per heavy atom. The van der Waals surface area contributed by atoms with Crippen molar-refractivity contribution in [1.82, 2.24) is 26.3 Å². The van der Waals surface area contributed by atoms with Crippen LogP contribution in [-0.4, -0.2) is 60.1 Å². The van der Waals surface area contributed by atoms with Gasteiger partial charge in [0.05, 0.1) is 12.6 Å². The van der Waals surface area contributed by atoms with Crippen LogP contribution < -0.4 is 21.3 Å². The molecule has 5 N–H and O–H groups in total. The van der Waals surface area contributed by atoms with Gasteiger partial charge in [0.2, 0.25) is 17.7 Å². The van der Waals surface area contributed by atoms with Gasteiger partial charge in [-0.2, -0.15) is 0 Å². The summed E-state index contributed by atoms with van der Waals surface area (Å²) in [5.41, 5.74) is 1.14. The lowest BCUT2D eigenvalue weighted by molar-refractivity contribution is -0.128. The van der Waals surface area contributed by atoms with Crippen LogP contribution in [0, 0.1) is 11.8 Å². The SMILES string of the molecule is CC(C)[C@H](NC(=O)c1cc2ccccc2[nH]1)C(=O)NCC(=O)N[C@H](C=O)C[C@@H]1CCNC1=O. The summed E-state index contributed by atoms with van der Waals surface area (Å²) in [4.78, 5) is 63.6. The number of carbonyl (C=O) groups is 5. The van der Waals surface area contributed by atoms with E-state index in [0.29, 0.717) is 24.9 Å². The van der Waals surface area contributed by atoms with Crippen LogP contribution in [0.2, 0.25) is 0 Å². The molecule has 3 rings (SSSR count). The van der Waals surface area contributed by atoms with E-state index in [0.717, 1.165) is 10.9 Å². The maximum absolute atomic E-state index is 12.7. The summed E-state index contributed by atoms with van der Waals surface area (Å²) in [6.07, 6.45) is 1.41. The summed E-state index contributed by atoms with van der Waals surface area (Å²) in [5, 5.41) is 11.3. The molecule has 0 spiro atoms. The van der Waals surface area contributed by atoms with Gasteiger partial charge in [0.15, 0.2) is 0 Å². The first-order chi connectivity index (χ1) is 15.8. The maximum atomic E-state index is 12.7. The summed E-state index contributed by atoms with van der Waals surface area (Å²) < 4.78 is 0. The van der Waals surface area contributed by atoms with Gasteiger partial charge in [0.25, 0.3) is 5.91 Å². The zero-order chi connectivity index (χ0) is 24.0. The summed E-state index contributed by atoms with van der Waals surface area (Å²) >= 11 is 0. The number of aldehydes is 1. The van der Waals surface area contributed by atoms with Crippen LogP contribution in [0.3, 0.4) is 0 Å². The van der Waals surface area contributed by atoms with Gasteiger partial charge in [0, 0.05) is 23.4 Å². The Morgan fingerprint density at radius 1 is 1.18 bits per heavy atom. The van der Waals surface area contributed by atoms with Gasteiger partial charge in [-0.15, -0.1) is 0 Å². The van der Waals surface area contributed by atoms with Gasteiger partial charge in [-0.3, -0.25) is 19.2 Å². The van der Waals surface area contributed by atoms with Crippen molar-refractivity contribution in [3.8, 4) is 0 Å². The second-order valence-corrected chi connectivity index (χ2v) is 8.51. The largest absolute Gasteiger partial charge is 0.356 e. The van der Waals surface area contributed by atoms with Crippen LogP contribution in [0.15, 0.2) is 30.3 Å². The minimum absolute atomic E-state index is 0.130. The molecular formula is C23H29N5O5. The molecule has 0 unspecified atom stereocenters. The highest BCUT2D eigenvalue weighted by Crippen LogP contribution is 2.16. The molecule has 1 aliphatic rings. The van der Waals surface area contributed by atoms with Gasteiger partial charge in [0.1, 0.15) is 18.0 Å². The number of hydrogen-bond acceptors (Lipinski definition) is 5. The van der Waals surface area contributed by atoms with Gasteiger partial charge < -0.3 is 31.0 Å². The van der Waals surface area contributed by atoms with Crippen molar-refractivity contribution >= 4 is 40.8 Å². The van der Waals surface area contributed by atoms with E-state index >= 15 is 0 Å². The standard InChI is InChI=1S/C23H29N5O5/c1-13(2)20(28-22(32)18-10-14-5-3-4-6-17(14)27-18)23(33)25-11-19(30)26-16(12-29)9-15-7-8-24-21(15)31/h3-6,10,12-13,15-16,20,27H,7-9,11H2,1-2H3,(H,24,31)(H,25,33)(H,26,30)(H,28,32)/t15-,16-,20-/m0/s1. The molecule has 33 heavy (non-hydrogen) atoms. The predicted molar refractivity (Wildman–Crippen MR) is 121 cm³/mol. The fraction of sp³-hybridized carbons (Fsp3) is 0.435. The van der Waals surface area contributed by atoms with Crippen molar-refractivity contribution in [3.63, 3.8) is 0 Å². The van der Waals surface area contributed by atoms with E-state index in [-0.39, 0.29) is 30.7 Å². The van der Waals surface area contributed by atoms with Gasteiger partial charge in [-0.25, -0.2) is 0 Å². The normalized spacial score (nSPS) is 17.3. The highest BCUT2D eigenvalue weighted by Gasteiger charge is 2.29. The number of rotatable bonds is 10. The molecular weight excluding hydrogens is 426 g/mol. The molecule has 1 aliphatic heterocycles. The quantitative estimate of drug-likeness (QED) is 0.326. The molecule has 10 heteroatoms. The van der Waals surface area contributed by atoms with E-state index in [1.807, 2.05) is 24.3 Å². The number of hydrogen-bond donors (Lipinski definition) is 5. The van der Waals surface area contributed by atoms with E-state index < -0.39 is 29.8 Å². The number of nitrogens with one attached hydrogen (secondary N) is 5. The second kappa shape index (κ2) is 10.8. The average molecular weight is 456 g/mol. The molecule has 1 aromatic heterocycles. The fourth-order valence-corrected chi connectivity index (χ4v) is 3.81. The van der Waals surface area contributed by atoms with Crippen molar-refractivity contribution in [3.05, 3.63) is 36.0 Å². The van der Waals surface area contributed by atoms with Gasteiger partial charge >= 0.3 is 0 Å². The number of amides is 4. The minimum Gasteiger partial charge on any atom is -0.356 e. The van der Waals surface area contributed by atoms with E-state index in [9.17, 15) is 24.0 Å². The highest BCUT2D eigenvalue weighted by atomic mass is 16.2. The first-order valence-corrected chi connectivity index (χ1v) is 11.0. The van der Waals surface area contributed by atoms with E-state index in [1.54, 1.807) is 19.9 Å². The van der Waals surface area contributed by atoms with Crippen LogP contribution in [0.25, 0.3) is 10.9 Å². The Morgan fingerprint density at radius 2 is 1.94 bits per heavy atom. The fourth-order valence-electron chi connectivity index (χ4n) is 3.81. The number of H-pyrrole nitrogens is 1. The number of para-hydroxylation sites is 1. The molecule has 3 atom stereocenters.